The minimum Gasteiger partial charge on any atom is -0.325 e. The number of sulfonamides is 1. The van der Waals surface area contributed by atoms with E-state index in [-0.39, 0.29) is 36.2 Å². The number of piperidine rings is 1. The zero-order valence-corrected chi connectivity index (χ0v) is 17.0. The number of carbonyl (C=O) groups is 1. The molecule has 0 aromatic heterocycles. The monoisotopic (exact) mass is 454 g/mol. The summed E-state index contributed by atoms with van der Waals surface area (Å²) in [5.74, 6) is -1.26. The van der Waals surface area contributed by atoms with Gasteiger partial charge in [-0.2, -0.15) is 0 Å². The zero-order valence-electron chi connectivity index (χ0n) is 14.6. The van der Waals surface area contributed by atoms with E-state index in [4.69, 9.17) is 0 Å². The number of benzene rings is 2. The van der Waals surface area contributed by atoms with Crippen LogP contribution in [0.1, 0.15) is 18.4 Å². The van der Waals surface area contributed by atoms with E-state index in [1.807, 2.05) is 18.2 Å². The number of anilines is 1. The number of hydrogen-bond donors (Lipinski definition) is 1. The molecule has 1 aliphatic heterocycles. The number of halogens is 2. The molecule has 0 spiro atoms. The molecule has 0 saturated carbocycles. The summed E-state index contributed by atoms with van der Waals surface area (Å²) in [5, 5.41) is 2.88. The molecule has 1 fully saturated rings. The smallest absolute Gasteiger partial charge is 0.227 e. The number of hydrogen-bond acceptors (Lipinski definition) is 3. The summed E-state index contributed by atoms with van der Waals surface area (Å²) in [7, 11) is -3.62. The molecule has 0 radical (unpaired) electrons. The van der Waals surface area contributed by atoms with Gasteiger partial charge in [0, 0.05) is 29.0 Å². The molecule has 27 heavy (non-hydrogen) atoms. The summed E-state index contributed by atoms with van der Waals surface area (Å²) in [6.07, 6.45) is 0.875. The van der Waals surface area contributed by atoms with Crippen LogP contribution < -0.4 is 5.32 Å². The van der Waals surface area contributed by atoms with Crippen molar-refractivity contribution in [3.8, 4) is 0 Å². The zero-order chi connectivity index (χ0) is 19.4. The second-order valence-electron chi connectivity index (χ2n) is 6.49. The second kappa shape index (κ2) is 8.50. The van der Waals surface area contributed by atoms with Crippen molar-refractivity contribution in [1.82, 2.24) is 4.31 Å². The van der Waals surface area contributed by atoms with Crippen LogP contribution in [-0.2, 0) is 20.6 Å². The van der Waals surface area contributed by atoms with Crippen LogP contribution in [0.3, 0.4) is 0 Å². The van der Waals surface area contributed by atoms with Crippen LogP contribution in [0.25, 0.3) is 0 Å². The third-order valence-electron chi connectivity index (χ3n) is 4.65. The molecule has 1 N–H and O–H groups in total. The molecule has 1 aliphatic rings. The Kier molecular flexibility index (Phi) is 6.29. The standard InChI is InChI=1S/C19H20BrFN2O3S/c20-16-6-2-4-8-18(16)22-19(24)14-9-11-23(12-10-14)27(25,26)13-15-5-1-3-7-17(15)21/h1-8,14H,9-13H2,(H,22,24). The molecular weight excluding hydrogens is 435 g/mol. The number of amides is 1. The van der Waals surface area contributed by atoms with Crippen LogP contribution >= 0.6 is 15.9 Å². The van der Waals surface area contributed by atoms with Gasteiger partial charge >= 0.3 is 0 Å². The first kappa shape index (κ1) is 20.0. The molecule has 0 aliphatic carbocycles. The van der Waals surface area contributed by atoms with Crippen molar-refractivity contribution in [2.45, 2.75) is 18.6 Å². The number of rotatable bonds is 5. The van der Waals surface area contributed by atoms with E-state index in [2.05, 4.69) is 21.2 Å². The summed E-state index contributed by atoms with van der Waals surface area (Å²) in [4.78, 5) is 12.5. The minimum absolute atomic E-state index is 0.118. The van der Waals surface area contributed by atoms with Crippen molar-refractivity contribution < 1.29 is 17.6 Å². The first-order chi connectivity index (χ1) is 12.9. The van der Waals surface area contributed by atoms with Crippen LogP contribution in [-0.4, -0.2) is 31.7 Å². The predicted octanol–water partition coefficient (Wildman–Crippen LogP) is 3.77. The molecule has 2 aromatic carbocycles. The summed E-state index contributed by atoms with van der Waals surface area (Å²) in [6, 6.07) is 13.2. The molecule has 1 amide bonds. The molecule has 1 saturated heterocycles. The fourth-order valence-electron chi connectivity index (χ4n) is 3.10. The summed E-state index contributed by atoms with van der Waals surface area (Å²) in [6.45, 7) is 0.510. The predicted molar refractivity (Wildman–Crippen MR) is 106 cm³/mol. The van der Waals surface area contributed by atoms with Gasteiger partial charge in [0.05, 0.1) is 11.4 Å². The van der Waals surface area contributed by atoms with Crippen LogP contribution in [0.4, 0.5) is 10.1 Å². The maximum Gasteiger partial charge on any atom is 0.227 e. The van der Waals surface area contributed by atoms with Gasteiger partial charge in [-0.3, -0.25) is 4.79 Å². The Morgan fingerprint density at radius 1 is 1.11 bits per heavy atom. The fourth-order valence-corrected chi connectivity index (χ4v) is 5.06. The Bertz CT molecular complexity index is 928. The van der Waals surface area contributed by atoms with Gasteiger partial charge in [-0.25, -0.2) is 17.1 Å². The maximum atomic E-state index is 13.8. The maximum absolute atomic E-state index is 13.8. The summed E-state index contributed by atoms with van der Waals surface area (Å²) in [5.41, 5.74) is 0.850. The third-order valence-corrected chi connectivity index (χ3v) is 7.16. The SMILES string of the molecule is O=C(Nc1ccccc1Br)C1CCN(S(=O)(=O)Cc2ccccc2F)CC1. The lowest BCUT2D eigenvalue weighted by Crippen LogP contribution is -2.42. The van der Waals surface area contributed by atoms with Gasteiger partial charge in [0.2, 0.25) is 15.9 Å². The van der Waals surface area contributed by atoms with Crippen molar-refractivity contribution in [3.05, 3.63) is 64.4 Å². The van der Waals surface area contributed by atoms with Crippen LogP contribution in [0, 0.1) is 11.7 Å². The van der Waals surface area contributed by atoms with Crippen molar-refractivity contribution in [2.24, 2.45) is 5.92 Å². The highest BCUT2D eigenvalue weighted by molar-refractivity contribution is 9.10. The van der Waals surface area contributed by atoms with Gasteiger partial charge < -0.3 is 5.32 Å². The lowest BCUT2D eigenvalue weighted by Gasteiger charge is -2.30. The number of nitrogens with zero attached hydrogens (tertiary/aromatic N) is 1. The van der Waals surface area contributed by atoms with E-state index >= 15 is 0 Å². The highest BCUT2D eigenvalue weighted by Crippen LogP contribution is 2.26. The molecule has 0 bridgehead atoms. The first-order valence-corrected chi connectivity index (χ1v) is 11.0. The fraction of sp³-hybridized carbons (Fsp3) is 0.316. The van der Waals surface area contributed by atoms with Crippen LogP contribution in [0.2, 0.25) is 0 Å². The van der Waals surface area contributed by atoms with Crippen molar-refractivity contribution >= 4 is 37.5 Å². The molecule has 144 valence electrons. The lowest BCUT2D eigenvalue weighted by molar-refractivity contribution is -0.120. The van der Waals surface area contributed by atoms with E-state index in [0.29, 0.717) is 18.5 Å². The van der Waals surface area contributed by atoms with Gasteiger partial charge in [-0.1, -0.05) is 30.3 Å². The summed E-state index contributed by atoms with van der Waals surface area (Å²) < 4.78 is 41.0. The van der Waals surface area contributed by atoms with Gasteiger partial charge in [0.25, 0.3) is 0 Å². The molecule has 1 heterocycles. The molecular formula is C19H20BrFN2O3S. The van der Waals surface area contributed by atoms with E-state index in [9.17, 15) is 17.6 Å². The van der Waals surface area contributed by atoms with E-state index in [1.54, 1.807) is 12.1 Å². The van der Waals surface area contributed by atoms with Crippen molar-refractivity contribution in [3.63, 3.8) is 0 Å². The van der Waals surface area contributed by atoms with Gasteiger partial charge in [0.15, 0.2) is 0 Å². The molecule has 5 nitrogen and oxygen atoms in total. The highest BCUT2D eigenvalue weighted by atomic mass is 79.9. The lowest BCUT2D eigenvalue weighted by atomic mass is 9.97. The van der Waals surface area contributed by atoms with Gasteiger partial charge in [-0.05, 0) is 47.0 Å². The van der Waals surface area contributed by atoms with Crippen molar-refractivity contribution in [2.75, 3.05) is 18.4 Å². The van der Waals surface area contributed by atoms with Gasteiger partial charge in [-0.15, -0.1) is 0 Å². The number of carbonyl (C=O) groups excluding carboxylic acids is 1. The highest BCUT2D eigenvalue weighted by Gasteiger charge is 2.31. The molecule has 0 atom stereocenters. The van der Waals surface area contributed by atoms with Crippen LogP contribution in [0.5, 0.6) is 0 Å². The van der Waals surface area contributed by atoms with E-state index < -0.39 is 15.8 Å². The van der Waals surface area contributed by atoms with E-state index in [1.165, 1.54) is 22.5 Å². The Morgan fingerprint density at radius 2 is 1.74 bits per heavy atom. The number of para-hydroxylation sites is 1. The largest absolute Gasteiger partial charge is 0.325 e. The molecule has 2 aromatic rings. The summed E-state index contributed by atoms with van der Waals surface area (Å²) >= 11 is 3.39. The normalized spacial score (nSPS) is 16.2. The van der Waals surface area contributed by atoms with Gasteiger partial charge in [0.1, 0.15) is 5.82 Å². The molecule has 3 rings (SSSR count). The van der Waals surface area contributed by atoms with Crippen LogP contribution in [0.15, 0.2) is 53.0 Å². The Morgan fingerprint density at radius 3 is 2.41 bits per heavy atom. The average molecular weight is 455 g/mol. The Hall–Kier alpha value is -1.77. The average Bonchev–Trinajstić information content (AvgIpc) is 2.65. The number of nitrogens with one attached hydrogen (secondary N) is 1. The topological polar surface area (TPSA) is 66.5 Å². The van der Waals surface area contributed by atoms with E-state index in [0.717, 1.165) is 4.47 Å². The quantitative estimate of drug-likeness (QED) is 0.747. The second-order valence-corrected chi connectivity index (χ2v) is 9.31. The Balaban J connectivity index is 1.59. The first-order valence-electron chi connectivity index (χ1n) is 8.63. The Labute approximate surface area is 166 Å². The molecule has 8 heteroatoms. The molecule has 0 unspecified atom stereocenters. The minimum atomic E-state index is -3.62. The van der Waals surface area contributed by atoms with Crippen molar-refractivity contribution in [1.29, 1.82) is 0 Å². The third kappa shape index (κ3) is 4.94.